The molecule has 0 N–H and O–H groups in total. The van der Waals surface area contributed by atoms with Crippen molar-refractivity contribution in [3.05, 3.63) is 194 Å². The summed E-state index contributed by atoms with van der Waals surface area (Å²) >= 11 is 0. The van der Waals surface area contributed by atoms with E-state index in [9.17, 15) is 0 Å². The molecule has 0 aliphatic carbocycles. The van der Waals surface area contributed by atoms with E-state index in [1.165, 1.54) is 5.56 Å². The van der Waals surface area contributed by atoms with Crippen molar-refractivity contribution >= 4 is 43.7 Å². The van der Waals surface area contributed by atoms with Gasteiger partial charge in [0.1, 0.15) is 11.2 Å². The standard InChI is InChI=1S/C51H32N4O/c1-4-14-33(15-5-1)34-26-28-37(29-27-34)50-52-49(36-18-8-3-9-19-36)53-51(54-50)55-43-23-11-10-20-41(43)42-32-38(30-31-44(42)55)40-22-13-25-46-48(40)47-39(21-12-24-45(47)56-46)35-16-6-2-7-17-35/h1-32H. The largest absolute Gasteiger partial charge is 0.456 e. The van der Waals surface area contributed by atoms with Crippen LogP contribution in [0.1, 0.15) is 0 Å². The summed E-state index contributed by atoms with van der Waals surface area (Å²) in [6, 6.07) is 67.4. The fourth-order valence-electron chi connectivity index (χ4n) is 8.07. The number of rotatable bonds is 6. The maximum Gasteiger partial charge on any atom is 0.238 e. The van der Waals surface area contributed by atoms with Gasteiger partial charge in [-0.05, 0) is 63.7 Å². The molecule has 0 spiro atoms. The molecule has 0 unspecified atom stereocenters. The molecule has 3 aromatic heterocycles. The number of furan rings is 1. The summed E-state index contributed by atoms with van der Waals surface area (Å²) < 4.78 is 8.67. The molecule has 0 saturated carbocycles. The first-order valence-corrected chi connectivity index (χ1v) is 18.8. The Bertz CT molecular complexity index is 3220. The number of hydrogen-bond donors (Lipinski definition) is 0. The lowest BCUT2D eigenvalue weighted by Gasteiger charge is -2.11. The summed E-state index contributed by atoms with van der Waals surface area (Å²) in [7, 11) is 0. The van der Waals surface area contributed by atoms with Crippen LogP contribution in [0.3, 0.4) is 0 Å². The summed E-state index contributed by atoms with van der Waals surface area (Å²) in [6.45, 7) is 0. The van der Waals surface area contributed by atoms with Gasteiger partial charge in [-0.3, -0.25) is 4.57 Å². The third-order valence-corrected chi connectivity index (χ3v) is 10.7. The van der Waals surface area contributed by atoms with Gasteiger partial charge >= 0.3 is 0 Å². The van der Waals surface area contributed by atoms with E-state index in [1.54, 1.807) is 0 Å². The van der Waals surface area contributed by atoms with Crippen molar-refractivity contribution in [2.24, 2.45) is 0 Å². The Morgan fingerprint density at radius 3 is 1.48 bits per heavy atom. The quantitative estimate of drug-likeness (QED) is 0.172. The molecule has 5 nitrogen and oxygen atoms in total. The first-order chi connectivity index (χ1) is 27.8. The van der Waals surface area contributed by atoms with Crippen LogP contribution in [0.4, 0.5) is 0 Å². The van der Waals surface area contributed by atoms with Gasteiger partial charge in [0.2, 0.25) is 5.95 Å². The Morgan fingerprint density at radius 2 is 0.821 bits per heavy atom. The SMILES string of the molecule is c1ccc(-c2ccc(-c3nc(-c4ccccc4)nc(-n4c5ccccc5c5cc(-c6cccc7oc8cccc(-c9ccccc9)c8c67)ccc54)n3)cc2)cc1. The highest BCUT2D eigenvalue weighted by Gasteiger charge is 2.21. The van der Waals surface area contributed by atoms with Crippen LogP contribution in [-0.2, 0) is 0 Å². The summed E-state index contributed by atoms with van der Waals surface area (Å²) in [4.78, 5) is 15.4. The van der Waals surface area contributed by atoms with Gasteiger partial charge in [-0.2, -0.15) is 9.97 Å². The van der Waals surface area contributed by atoms with Gasteiger partial charge in [0.05, 0.1) is 11.0 Å². The molecule has 0 atom stereocenters. The minimum atomic E-state index is 0.565. The number of nitrogens with zero attached hydrogens (tertiary/aromatic N) is 4. The Hall–Kier alpha value is -7.63. The number of fused-ring (bicyclic) bond motifs is 6. The lowest BCUT2D eigenvalue weighted by molar-refractivity contribution is 0.669. The minimum absolute atomic E-state index is 0.565. The molecule has 0 aliphatic rings. The van der Waals surface area contributed by atoms with E-state index in [0.717, 1.165) is 82.7 Å². The van der Waals surface area contributed by atoms with Gasteiger partial charge in [0.15, 0.2) is 11.6 Å². The monoisotopic (exact) mass is 716 g/mol. The van der Waals surface area contributed by atoms with Gasteiger partial charge in [0, 0.05) is 32.7 Å². The third kappa shape index (κ3) is 5.29. The predicted molar refractivity (Wildman–Crippen MR) is 229 cm³/mol. The lowest BCUT2D eigenvalue weighted by atomic mass is 9.94. The second-order valence-electron chi connectivity index (χ2n) is 14.0. The van der Waals surface area contributed by atoms with E-state index < -0.39 is 0 Å². The molecule has 262 valence electrons. The highest BCUT2D eigenvalue weighted by atomic mass is 16.3. The fourth-order valence-corrected chi connectivity index (χ4v) is 8.07. The molecular formula is C51H32N4O. The zero-order valence-electron chi connectivity index (χ0n) is 30.2. The van der Waals surface area contributed by atoms with Crippen molar-refractivity contribution in [1.82, 2.24) is 19.5 Å². The van der Waals surface area contributed by atoms with E-state index in [0.29, 0.717) is 17.6 Å². The third-order valence-electron chi connectivity index (χ3n) is 10.7. The van der Waals surface area contributed by atoms with Crippen molar-refractivity contribution in [3.63, 3.8) is 0 Å². The predicted octanol–water partition coefficient (Wildman–Crippen LogP) is 13.2. The Labute approximate surface area is 322 Å². The lowest BCUT2D eigenvalue weighted by Crippen LogP contribution is -2.06. The van der Waals surface area contributed by atoms with Crippen LogP contribution >= 0.6 is 0 Å². The molecule has 0 fully saturated rings. The second kappa shape index (κ2) is 13.0. The minimum Gasteiger partial charge on any atom is -0.456 e. The topological polar surface area (TPSA) is 56.7 Å². The molecule has 0 aliphatic heterocycles. The Morgan fingerprint density at radius 1 is 0.339 bits per heavy atom. The average molecular weight is 717 g/mol. The zero-order chi connectivity index (χ0) is 37.0. The number of para-hydroxylation sites is 1. The van der Waals surface area contributed by atoms with Gasteiger partial charge < -0.3 is 4.42 Å². The van der Waals surface area contributed by atoms with Crippen molar-refractivity contribution < 1.29 is 4.42 Å². The van der Waals surface area contributed by atoms with Crippen LogP contribution in [0.5, 0.6) is 0 Å². The van der Waals surface area contributed by atoms with E-state index in [2.05, 4.69) is 162 Å². The first-order valence-electron chi connectivity index (χ1n) is 18.8. The average Bonchev–Trinajstić information content (AvgIpc) is 3.83. The molecule has 56 heavy (non-hydrogen) atoms. The van der Waals surface area contributed by atoms with E-state index >= 15 is 0 Å². The molecule has 0 saturated heterocycles. The summed E-state index contributed by atoms with van der Waals surface area (Å²) in [5.41, 5.74) is 12.5. The number of benzene rings is 8. The number of aromatic nitrogens is 4. The molecule has 11 rings (SSSR count). The first kappa shape index (κ1) is 31.9. The van der Waals surface area contributed by atoms with Crippen LogP contribution in [0.2, 0.25) is 0 Å². The van der Waals surface area contributed by atoms with Crippen LogP contribution in [0, 0.1) is 0 Å². The maximum atomic E-state index is 6.49. The van der Waals surface area contributed by atoms with Crippen molar-refractivity contribution in [1.29, 1.82) is 0 Å². The summed E-state index contributed by atoms with van der Waals surface area (Å²) in [5.74, 6) is 1.80. The molecule has 3 heterocycles. The highest BCUT2D eigenvalue weighted by molar-refractivity contribution is 6.19. The summed E-state index contributed by atoms with van der Waals surface area (Å²) in [6.07, 6.45) is 0. The highest BCUT2D eigenvalue weighted by Crippen LogP contribution is 2.43. The molecule has 5 heteroatoms. The van der Waals surface area contributed by atoms with Crippen LogP contribution in [0.25, 0.3) is 106 Å². The molecule has 0 amide bonds. The molecular weight excluding hydrogens is 685 g/mol. The Balaban J connectivity index is 1.11. The van der Waals surface area contributed by atoms with E-state index in [4.69, 9.17) is 19.4 Å². The molecule has 8 aromatic carbocycles. The van der Waals surface area contributed by atoms with Gasteiger partial charge in [-0.15, -0.1) is 0 Å². The molecule has 0 radical (unpaired) electrons. The van der Waals surface area contributed by atoms with Crippen molar-refractivity contribution in [3.8, 4) is 62.1 Å². The zero-order valence-corrected chi connectivity index (χ0v) is 30.2. The molecule has 11 aromatic rings. The van der Waals surface area contributed by atoms with Crippen molar-refractivity contribution in [2.75, 3.05) is 0 Å². The Kier molecular flexibility index (Phi) is 7.42. The van der Waals surface area contributed by atoms with Crippen molar-refractivity contribution in [2.45, 2.75) is 0 Å². The second-order valence-corrected chi connectivity index (χ2v) is 14.0. The van der Waals surface area contributed by atoms with Gasteiger partial charge in [-0.25, -0.2) is 4.98 Å². The van der Waals surface area contributed by atoms with Crippen LogP contribution in [0.15, 0.2) is 199 Å². The van der Waals surface area contributed by atoms with E-state index in [1.807, 2.05) is 36.4 Å². The number of hydrogen-bond acceptors (Lipinski definition) is 4. The van der Waals surface area contributed by atoms with E-state index in [-0.39, 0.29) is 0 Å². The molecule has 0 bridgehead atoms. The smallest absolute Gasteiger partial charge is 0.238 e. The summed E-state index contributed by atoms with van der Waals surface area (Å²) in [5, 5.41) is 4.46. The van der Waals surface area contributed by atoms with Crippen LogP contribution < -0.4 is 0 Å². The normalized spacial score (nSPS) is 11.6. The maximum absolute atomic E-state index is 6.49. The fraction of sp³-hybridized carbons (Fsp3) is 0. The van der Waals surface area contributed by atoms with Gasteiger partial charge in [-0.1, -0.05) is 164 Å². The van der Waals surface area contributed by atoms with Crippen LogP contribution in [-0.4, -0.2) is 19.5 Å². The van der Waals surface area contributed by atoms with Gasteiger partial charge in [0.25, 0.3) is 0 Å².